The Morgan fingerprint density at radius 3 is 2.05 bits per heavy atom. The predicted molar refractivity (Wildman–Crippen MR) is 290 cm³/mol. The maximum absolute atomic E-state index is 18.8. The Morgan fingerprint density at radius 2 is 1.46 bits per heavy atom. The van der Waals surface area contributed by atoms with E-state index in [1.807, 2.05) is 4.90 Å². The number of hydrogen-bond acceptors (Lipinski definition) is 8. The van der Waals surface area contributed by atoms with Crippen molar-refractivity contribution in [2.45, 2.75) is 199 Å². The summed E-state index contributed by atoms with van der Waals surface area (Å²) in [6, 6.07) is 6.39. The van der Waals surface area contributed by atoms with Gasteiger partial charge in [-0.25, -0.2) is 23.0 Å². The average Bonchev–Trinajstić information content (AvgIpc) is 3.69. The van der Waals surface area contributed by atoms with Crippen molar-refractivity contribution in [2.75, 3.05) is 37.8 Å². The first-order valence-corrected chi connectivity index (χ1v) is 31.3. The van der Waals surface area contributed by atoms with Gasteiger partial charge in [-0.3, -0.25) is 9.91 Å². The van der Waals surface area contributed by atoms with Gasteiger partial charge in [-0.05, 0) is 128 Å². The molecule has 7 rings (SSSR count). The molecule has 0 unspecified atom stereocenters. The van der Waals surface area contributed by atoms with Crippen molar-refractivity contribution in [3.63, 3.8) is 0 Å². The number of amides is 1. The van der Waals surface area contributed by atoms with Crippen LogP contribution in [0.15, 0.2) is 30.3 Å². The Bertz CT molecular complexity index is 2740. The fraction of sp³-hybridized carbons (Fsp3) is 0.632. The average molecular weight is 1070 g/mol. The highest BCUT2D eigenvalue weighted by Gasteiger charge is 2.50. The van der Waals surface area contributed by atoms with E-state index in [0.29, 0.717) is 37.6 Å². The molecule has 0 bridgehead atoms. The standard InChI is InChI=1S/C57H79F6N5O4Si2/c1-34(2)73(35(3)4,36(5)6)27-22-43-47(59)21-20-40-28-42(72-74(37(7)8,38(9)10)39(11)12)29-44(48(40)43)49-46(57(61,62)63)30-45-51(50(49)60)64-53(70-33-56-23-19-24-66(56)32-41(58)31-56)65-52(45)67-25-17-16-18-26-68(67)54(69)71-55(13,14)15/h20-21,28-30,34-39,41H,16-19,23-26,31-33H2,1-15H3/t41-,56+/m1/s1. The second-order valence-corrected chi connectivity index (χ2v) is 35.0. The summed E-state index contributed by atoms with van der Waals surface area (Å²) in [5.74, 6) is 1.15. The minimum Gasteiger partial charge on any atom is -0.543 e. The summed E-state index contributed by atoms with van der Waals surface area (Å²) in [5.41, 5.74) is -0.559. The Labute approximate surface area is 437 Å². The van der Waals surface area contributed by atoms with Crippen LogP contribution in [-0.2, 0) is 10.9 Å². The van der Waals surface area contributed by atoms with Crippen LogP contribution in [0.3, 0.4) is 0 Å². The number of nitrogens with zero attached hydrogens (tertiary/aromatic N) is 5. The third-order valence-electron chi connectivity index (χ3n) is 16.4. The molecule has 1 aromatic heterocycles. The topological polar surface area (TPSA) is 80.3 Å². The highest BCUT2D eigenvalue weighted by Crippen LogP contribution is 2.50. The Kier molecular flexibility index (Phi) is 16.6. The van der Waals surface area contributed by atoms with Gasteiger partial charge in [0.25, 0.3) is 8.32 Å². The van der Waals surface area contributed by atoms with E-state index < -0.39 is 74.3 Å². The van der Waals surface area contributed by atoms with E-state index in [-0.39, 0.29) is 105 Å². The maximum Gasteiger partial charge on any atom is 0.429 e. The van der Waals surface area contributed by atoms with Gasteiger partial charge < -0.3 is 13.9 Å². The Morgan fingerprint density at radius 1 is 0.824 bits per heavy atom. The molecule has 1 amide bonds. The second-order valence-electron chi connectivity index (χ2n) is 24.0. The lowest BCUT2D eigenvalue weighted by atomic mass is 9.89. The summed E-state index contributed by atoms with van der Waals surface area (Å²) in [7, 11) is -5.39. The number of anilines is 1. The number of hydrogen-bond donors (Lipinski definition) is 0. The van der Waals surface area contributed by atoms with Crippen LogP contribution in [0.25, 0.3) is 32.8 Å². The van der Waals surface area contributed by atoms with Crippen molar-refractivity contribution in [1.82, 2.24) is 19.9 Å². The Balaban J connectivity index is 1.61. The van der Waals surface area contributed by atoms with Gasteiger partial charge in [0.15, 0.2) is 11.6 Å². The predicted octanol–water partition coefficient (Wildman–Crippen LogP) is 16.0. The fourth-order valence-electron chi connectivity index (χ4n) is 13.2. The van der Waals surface area contributed by atoms with Crippen LogP contribution in [0.5, 0.6) is 11.8 Å². The normalized spacial score (nSPS) is 19.4. The molecule has 406 valence electrons. The van der Waals surface area contributed by atoms with Gasteiger partial charge in [-0.15, -0.1) is 5.54 Å². The van der Waals surface area contributed by atoms with Gasteiger partial charge >= 0.3 is 18.3 Å². The minimum absolute atomic E-state index is 0.00971. The molecule has 0 radical (unpaired) electrons. The second kappa shape index (κ2) is 21.5. The molecule has 3 aliphatic heterocycles. The molecule has 3 saturated heterocycles. The molecule has 0 spiro atoms. The zero-order valence-corrected chi connectivity index (χ0v) is 48.3. The summed E-state index contributed by atoms with van der Waals surface area (Å²) < 4.78 is 119. The third kappa shape index (κ3) is 10.8. The van der Waals surface area contributed by atoms with Crippen LogP contribution >= 0.6 is 0 Å². The molecule has 0 N–H and O–H groups in total. The summed E-state index contributed by atoms with van der Waals surface area (Å²) >= 11 is 0. The molecule has 3 aromatic carbocycles. The van der Waals surface area contributed by atoms with Gasteiger partial charge in [0.05, 0.1) is 16.7 Å². The number of rotatable bonds is 13. The van der Waals surface area contributed by atoms with Crippen molar-refractivity contribution >= 4 is 50.0 Å². The zero-order chi connectivity index (χ0) is 54.6. The molecule has 74 heavy (non-hydrogen) atoms. The van der Waals surface area contributed by atoms with Crippen LogP contribution < -0.4 is 14.2 Å². The molecule has 0 aliphatic carbocycles. The van der Waals surface area contributed by atoms with Gasteiger partial charge in [0, 0.05) is 42.4 Å². The van der Waals surface area contributed by atoms with E-state index in [9.17, 15) is 4.79 Å². The van der Waals surface area contributed by atoms with Crippen LogP contribution in [0.1, 0.15) is 154 Å². The largest absolute Gasteiger partial charge is 0.543 e. The van der Waals surface area contributed by atoms with Crippen LogP contribution in [0.2, 0.25) is 33.2 Å². The van der Waals surface area contributed by atoms with E-state index in [0.717, 1.165) is 12.5 Å². The highest BCUT2D eigenvalue weighted by molar-refractivity contribution is 6.90. The van der Waals surface area contributed by atoms with Crippen LogP contribution in [0, 0.1) is 23.1 Å². The molecule has 2 atom stereocenters. The summed E-state index contributed by atoms with van der Waals surface area (Å²) in [6.45, 7) is 31.5. The van der Waals surface area contributed by atoms with E-state index in [4.69, 9.17) is 18.9 Å². The lowest BCUT2D eigenvalue weighted by Crippen LogP contribution is -2.50. The summed E-state index contributed by atoms with van der Waals surface area (Å²) in [5, 5.41) is 2.75. The molecule has 4 aromatic rings. The van der Waals surface area contributed by atoms with Crippen molar-refractivity contribution in [1.29, 1.82) is 0 Å². The smallest absolute Gasteiger partial charge is 0.429 e. The molecule has 17 heteroatoms. The van der Waals surface area contributed by atoms with Crippen molar-refractivity contribution < 1.29 is 45.0 Å². The third-order valence-corrected chi connectivity index (χ3v) is 28.7. The number of aromatic nitrogens is 2. The van der Waals surface area contributed by atoms with Crippen molar-refractivity contribution in [2.24, 2.45) is 0 Å². The number of halogens is 6. The van der Waals surface area contributed by atoms with Gasteiger partial charge in [0.1, 0.15) is 43.5 Å². The number of fused-ring (bicyclic) bond motifs is 3. The maximum atomic E-state index is 18.8. The molecule has 3 aliphatic rings. The first kappa shape index (κ1) is 57.2. The fourth-order valence-corrected chi connectivity index (χ4v) is 23.6. The number of alkyl halides is 4. The van der Waals surface area contributed by atoms with Gasteiger partial charge in [-0.2, -0.15) is 23.1 Å². The van der Waals surface area contributed by atoms with E-state index >= 15 is 26.3 Å². The van der Waals surface area contributed by atoms with E-state index in [1.165, 1.54) is 28.2 Å². The van der Waals surface area contributed by atoms with E-state index in [2.05, 4.69) is 99.5 Å². The van der Waals surface area contributed by atoms with Gasteiger partial charge in [0.2, 0.25) is 0 Å². The number of hydrazine groups is 1. The highest BCUT2D eigenvalue weighted by atomic mass is 28.4. The van der Waals surface area contributed by atoms with Crippen LogP contribution in [-0.4, -0.2) is 92.5 Å². The molecule has 3 fully saturated rings. The number of ether oxygens (including phenoxy) is 2. The number of benzene rings is 3. The Hall–Kier alpha value is -4.54. The lowest BCUT2D eigenvalue weighted by molar-refractivity contribution is -0.137. The quantitative estimate of drug-likeness (QED) is 0.0744. The van der Waals surface area contributed by atoms with E-state index in [1.54, 1.807) is 26.8 Å². The van der Waals surface area contributed by atoms with Crippen molar-refractivity contribution in [3.8, 4) is 34.4 Å². The van der Waals surface area contributed by atoms with Crippen LogP contribution in [0.4, 0.5) is 37.0 Å². The number of carbonyl (C=O) groups is 1. The zero-order valence-electron chi connectivity index (χ0n) is 46.3. The minimum atomic E-state index is -5.21. The van der Waals surface area contributed by atoms with Crippen molar-refractivity contribution in [3.05, 3.63) is 53.1 Å². The molecular weight excluding hydrogens is 989 g/mol. The number of carbonyl (C=O) groups excluding carboxylic acids is 1. The van der Waals surface area contributed by atoms with Gasteiger partial charge in [-0.1, -0.05) is 95.1 Å². The summed E-state index contributed by atoms with van der Waals surface area (Å²) in [4.78, 5) is 25.5. The first-order valence-electron chi connectivity index (χ1n) is 26.9. The lowest BCUT2D eigenvalue weighted by Gasteiger charge is -2.42. The molecular formula is C57H79F6N5O4Si2. The molecule has 0 saturated carbocycles. The molecule has 9 nitrogen and oxygen atoms in total. The molecule has 4 heterocycles. The summed E-state index contributed by atoms with van der Waals surface area (Å²) in [6.07, 6.45) is -3.67. The first-order chi connectivity index (χ1) is 34.5. The SMILES string of the molecule is CC(C)[Si](C#Cc1c(F)ccc2cc(O[Si](C(C)C)(C(C)C)C(C)C)cc(-c3c(C(F)(F)F)cc4c(N5CCCCCN5C(=O)OC(C)(C)C)nc(OC[C@@]56CCCN5C[C@H](F)C6)nc4c3F)c12)(C(C)C)C(C)C. The monoisotopic (exact) mass is 1070 g/mol.